The molecule has 0 aromatic heterocycles. The summed E-state index contributed by atoms with van der Waals surface area (Å²) in [5, 5.41) is 23.6. The molecule has 1 heterocycles. The third-order valence-electron chi connectivity index (χ3n) is 4.10. The number of carbonyl (C=O) groups excluding carboxylic acids is 1. The number of thiocarbonyl (C=S) groups is 1. The lowest BCUT2D eigenvalue weighted by atomic mass is 10.1. The van der Waals surface area contributed by atoms with Crippen LogP contribution >= 0.6 is 12.2 Å². The summed E-state index contributed by atoms with van der Waals surface area (Å²) in [4.78, 5) is 13.3. The van der Waals surface area contributed by atoms with E-state index < -0.39 is 0 Å². The van der Waals surface area contributed by atoms with Gasteiger partial charge in [-0.15, -0.1) is 5.11 Å². The number of benzene rings is 3. The van der Waals surface area contributed by atoms with Crippen molar-refractivity contribution in [3.05, 3.63) is 60.7 Å². The first-order valence-electron chi connectivity index (χ1n) is 7.97. The monoisotopic (exact) mass is 362 g/mol. The van der Waals surface area contributed by atoms with E-state index in [4.69, 9.17) is 12.2 Å². The molecule has 3 aromatic rings. The average Bonchev–Trinajstić information content (AvgIpc) is 3.00. The molecule has 0 atom stereocenters. The molecule has 1 aliphatic heterocycles. The second-order valence-electron chi connectivity index (χ2n) is 5.76. The Morgan fingerprint density at radius 2 is 1.77 bits per heavy atom. The number of anilines is 1. The van der Waals surface area contributed by atoms with Crippen LogP contribution in [0.1, 0.15) is 0 Å². The number of phenols is 1. The number of nitrogens with one attached hydrogen (secondary N) is 1. The number of amides is 1. The Kier molecular flexibility index (Phi) is 4.06. The first-order valence-corrected chi connectivity index (χ1v) is 8.37. The van der Waals surface area contributed by atoms with E-state index >= 15 is 0 Å². The molecule has 0 saturated carbocycles. The summed E-state index contributed by atoms with van der Waals surface area (Å²) in [7, 11) is 0. The lowest BCUT2D eigenvalue weighted by molar-refractivity contribution is -0.115. The Bertz CT molecular complexity index is 1030. The van der Waals surface area contributed by atoms with Crippen molar-refractivity contribution in [3.8, 4) is 5.75 Å². The van der Waals surface area contributed by atoms with Crippen LogP contribution in [0.4, 0.5) is 17.1 Å². The van der Waals surface area contributed by atoms with E-state index in [0.717, 1.165) is 10.8 Å². The fraction of sp³-hybridized carbons (Fsp3) is 0.0526. The van der Waals surface area contributed by atoms with Crippen molar-refractivity contribution in [2.45, 2.75) is 0 Å². The number of phenolic OH excluding ortho intramolecular Hbond substituents is 1. The van der Waals surface area contributed by atoms with Crippen LogP contribution in [0.15, 0.2) is 70.9 Å². The van der Waals surface area contributed by atoms with Crippen LogP contribution in [-0.2, 0) is 4.79 Å². The zero-order chi connectivity index (χ0) is 18.1. The smallest absolute Gasteiger partial charge is 0.252 e. The van der Waals surface area contributed by atoms with Crippen LogP contribution in [0.5, 0.6) is 5.75 Å². The Morgan fingerprint density at radius 1 is 1.00 bits per heavy atom. The topological polar surface area (TPSA) is 77.3 Å². The van der Waals surface area contributed by atoms with Gasteiger partial charge < -0.3 is 10.4 Å². The van der Waals surface area contributed by atoms with Crippen LogP contribution < -0.4 is 10.2 Å². The SMILES string of the molecule is O=C1CNC(=S)N1c1ccc(N=Nc2c(O)ccc3ccccc23)cc1. The van der Waals surface area contributed by atoms with Crippen LogP contribution in [0.2, 0.25) is 0 Å². The Morgan fingerprint density at radius 3 is 2.50 bits per heavy atom. The largest absolute Gasteiger partial charge is 0.506 e. The predicted molar refractivity (Wildman–Crippen MR) is 104 cm³/mol. The fourth-order valence-corrected chi connectivity index (χ4v) is 3.09. The minimum atomic E-state index is -0.0925. The summed E-state index contributed by atoms with van der Waals surface area (Å²) in [5.74, 6) is -0.0202. The summed E-state index contributed by atoms with van der Waals surface area (Å²) >= 11 is 5.13. The minimum absolute atomic E-state index is 0.0724. The Hall–Kier alpha value is -3.32. The molecule has 7 heteroatoms. The summed E-state index contributed by atoms with van der Waals surface area (Å²) in [6, 6.07) is 18.1. The van der Waals surface area contributed by atoms with E-state index in [9.17, 15) is 9.90 Å². The highest BCUT2D eigenvalue weighted by Crippen LogP contribution is 2.36. The van der Waals surface area contributed by atoms with Crippen molar-refractivity contribution in [3.63, 3.8) is 0 Å². The normalized spacial score (nSPS) is 14.4. The zero-order valence-electron chi connectivity index (χ0n) is 13.6. The van der Waals surface area contributed by atoms with Crippen LogP contribution in [0.25, 0.3) is 10.8 Å². The third-order valence-corrected chi connectivity index (χ3v) is 4.42. The van der Waals surface area contributed by atoms with Gasteiger partial charge in [-0.25, -0.2) is 0 Å². The number of aromatic hydroxyl groups is 1. The number of rotatable bonds is 3. The highest BCUT2D eigenvalue weighted by Gasteiger charge is 2.26. The van der Waals surface area contributed by atoms with E-state index in [-0.39, 0.29) is 18.2 Å². The molecule has 2 N–H and O–H groups in total. The molecular weight excluding hydrogens is 348 g/mol. The highest BCUT2D eigenvalue weighted by atomic mass is 32.1. The molecule has 6 nitrogen and oxygen atoms in total. The van der Waals surface area contributed by atoms with E-state index in [1.165, 1.54) is 4.90 Å². The molecule has 0 unspecified atom stereocenters. The summed E-state index contributed by atoms with van der Waals surface area (Å²) in [6.45, 7) is 0.209. The van der Waals surface area contributed by atoms with E-state index in [1.807, 2.05) is 30.3 Å². The molecule has 26 heavy (non-hydrogen) atoms. The number of nitrogens with zero attached hydrogens (tertiary/aromatic N) is 3. The summed E-state index contributed by atoms with van der Waals surface area (Å²) < 4.78 is 0. The maximum atomic E-state index is 11.8. The van der Waals surface area contributed by atoms with Gasteiger partial charge in [-0.1, -0.05) is 30.3 Å². The molecule has 0 radical (unpaired) electrons. The van der Waals surface area contributed by atoms with Gasteiger partial charge in [0.15, 0.2) is 5.11 Å². The third kappa shape index (κ3) is 2.89. The van der Waals surface area contributed by atoms with Crippen molar-refractivity contribution in [2.24, 2.45) is 10.2 Å². The van der Waals surface area contributed by atoms with Crippen LogP contribution in [0.3, 0.4) is 0 Å². The van der Waals surface area contributed by atoms with Gasteiger partial charge in [0, 0.05) is 5.39 Å². The summed E-state index contributed by atoms with van der Waals surface area (Å²) in [5.41, 5.74) is 1.70. The van der Waals surface area contributed by atoms with Gasteiger partial charge in [0.1, 0.15) is 11.4 Å². The maximum absolute atomic E-state index is 11.8. The number of carbonyl (C=O) groups is 1. The van der Waals surface area contributed by atoms with Gasteiger partial charge in [-0.2, -0.15) is 5.11 Å². The Balaban J connectivity index is 1.63. The second kappa shape index (κ2) is 6.53. The number of azo groups is 1. The average molecular weight is 362 g/mol. The zero-order valence-corrected chi connectivity index (χ0v) is 14.4. The van der Waals surface area contributed by atoms with Gasteiger partial charge in [-0.05, 0) is 47.9 Å². The first kappa shape index (κ1) is 16.2. The quantitative estimate of drug-likeness (QED) is 0.541. The molecule has 1 fully saturated rings. The summed E-state index contributed by atoms with van der Waals surface area (Å²) in [6.07, 6.45) is 0. The number of hydrogen-bond donors (Lipinski definition) is 2. The van der Waals surface area contributed by atoms with Gasteiger partial charge in [0.2, 0.25) is 0 Å². The number of hydrogen-bond acceptors (Lipinski definition) is 5. The van der Waals surface area contributed by atoms with Gasteiger partial charge in [-0.3, -0.25) is 9.69 Å². The fourth-order valence-electron chi connectivity index (χ4n) is 2.81. The molecule has 128 valence electrons. The first-order chi connectivity index (χ1) is 12.6. The molecule has 0 spiro atoms. The van der Waals surface area contributed by atoms with Gasteiger partial charge >= 0.3 is 0 Å². The molecule has 4 rings (SSSR count). The number of fused-ring (bicyclic) bond motifs is 1. The van der Waals surface area contributed by atoms with Crippen molar-refractivity contribution < 1.29 is 9.90 Å². The second-order valence-corrected chi connectivity index (χ2v) is 6.15. The van der Waals surface area contributed by atoms with E-state index in [1.54, 1.807) is 30.3 Å². The van der Waals surface area contributed by atoms with Gasteiger partial charge in [0.05, 0.1) is 17.9 Å². The molecule has 0 aliphatic carbocycles. The molecule has 0 bridgehead atoms. The van der Waals surface area contributed by atoms with Crippen LogP contribution in [0, 0.1) is 0 Å². The highest BCUT2D eigenvalue weighted by molar-refractivity contribution is 7.80. The van der Waals surface area contributed by atoms with Crippen LogP contribution in [-0.4, -0.2) is 22.7 Å². The van der Waals surface area contributed by atoms with Crippen molar-refractivity contribution in [2.75, 3.05) is 11.4 Å². The standard InChI is InChI=1S/C19H14N4O2S/c24-16-10-5-12-3-1-2-4-15(12)18(16)22-21-13-6-8-14(9-7-13)23-17(25)11-20-19(23)26/h1-10,24H,11H2,(H,20,26). The van der Waals surface area contributed by atoms with Gasteiger partial charge in [0.25, 0.3) is 5.91 Å². The van der Waals surface area contributed by atoms with E-state index in [0.29, 0.717) is 22.2 Å². The minimum Gasteiger partial charge on any atom is -0.506 e. The molecular formula is C19H14N4O2S. The molecule has 1 amide bonds. The van der Waals surface area contributed by atoms with Crippen molar-refractivity contribution in [1.82, 2.24) is 5.32 Å². The Labute approximate surface area is 154 Å². The van der Waals surface area contributed by atoms with Crippen molar-refractivity contribution in [1.29, 1.82) is 0 Å². The molecule has 3 aromatic carbocycles. The van der Waals surface area contributed by atoms with E-state index in [2.05, 4.69) is 15.5 Å². The molecule has 1 saturated heterocycles. The predicted octanol–water partition coefficient (Wildman–Crippen LogP) is 4.18. The maximum Gasteiger partial charge on any atom is 0.252 e. The lowest BCUT2D eigenvalue weighted by Crippen LogP contribution is -2.30. The van der Waals surface area contributed by atoms with Crippen molar-refractivity contribution >= 4 is 51.1 Å². The molecule has 1 aliphatic rings. The lowest BCUT2D eigenvalue weighted by Gasteiger charge is -2.14.